The average Bonchev–Trinajstić information content (AvgIpc) is 3.03. The van der Waals surface area contributed by atoms with Gasteiger partial charge in [-0.25, -0.2) is 0 Å². The van der Waals surface area contributed by atoms with Crippen LogP contribution in [-0.2, 0) is 0 Å². The lowest BCUT2D eigenvalue weighted by Crippen LogP contribution is -2.12. The maximum absolute atomic E-state index is 12.1. The Balaban J connectivity index is 1.79. The molecule has 1 amide bonds. The van der Waals surface area contributed by atoms with Gasteiger partial charge in [0, 0.05) is 15.6 Å². The molecule has 0 bridgehead atoms. The van der Waals surface area contributed by atoms with E-state index in [2.05, 4.69) is 31.4 Å². The van der Waals surface area contributed by atoms with Crippen LogP contribution in [-0.4, -0.2) is 16.1 Å². The second-order valence-corrected chi connectivity index (χ2v) is 5.49. The standard InChI is InChI=1S/C16H9BrN4O2/c17-13-6-2-5-12(8-13)15-20-21-16(23-15)19-14(22)11-4-1-3-10(7-11)9-18/h1-8H,(H,19,21,22). The summed E-state index contributed by atoms with van der Waals surface area (Å²) in [5, 5.41) is 19.1. The number of nitriles is 1. The van der Waals surface area contributed by atoms with Crippen molar-refractivity contribution in [2.75, 3.05) is 5.32 Å². The zero-order chi connectivity index (χ0) is 16.2. The summed E-state index contributed by atoms with van der Waals surface area (Å²) in [4.78, 5) is 12.1. The summed E-state index contributed by atoms with van der Waals surface area (Å²) >= 11 is 3.36. The van der Waals surface area contributed by atoms with Gasteiger partial charge in [0.2, 0.25) is 5.89 Å². The topological polar surface area (TPSA) is 91.8 Å². The highest BCUT2D eigenvalue weighted by atomic mass is 79.9. The van der Waals surface area contributed by atoms with Gasteiger partial charge in [0.05, 0.1) is 11.6 Å². The fourth-order valence-electron chi connectivity index (χ4n) is 1.91. The number of amides is 1. The van der Waals surface area contributed by atoms with Gasteiger partial charge < -0.3 is 4.42 Å². The lowest BCUT2D eigenvalue weighted by molar-refractivity contribution is 0.102. The van der Waals surface area contributed by atoms with Gasteiger partial charge in [-0.2, -0.15) is 5.26 Å². The van der Waals surface area contributed by atoms with Crippen LogP contribution in [0.4, 0.5) is 6.01 Å². The molecule has 6 nitrogen and oxygen atoms in total. The summed E-state index contributed by atoms with van der Waals surface area (Å²) in [5.41, 5.74) is 1.48. The molecule has 0 saturated heterocycles. The van der Waals surface area contributed by atoms with E-state index >= 15 is 0 Å². The maximum Gasteiger partial charge on any atom is 0.322 e. The Morgan fingerprint density at radius 3 is 2.78 bits per heavy atom. The van der Waals surface area contributed by atoms with Gasteiger partial charge in [-0.3, -0.25) is 10.1 Å². The molecule has 112 valence electrons. The Kier molecular flexibility index (Phi) is 4.17. The minimum atomic E-state index is -0.424. The zero-order valence-corrected chi connectivity index (χ0v) is 13.2. The Morgan fingerprint density at radius 2 is 2.00 bits per heavy atom. The molecular formula is C16H9BrN4O2. The van der Waals surface area contributed by atoms with Crippen molar-refractivity contribution in [3.05, 3.63) is 64.1 Å². The molecule has 0 aliphatic heterocycles. The summed E-state index contributed by atoms with van der Waals surface area (Å²) in [7, 11) is 0. The van der Waals surface area contributed by atoms with Crippen molar-refractivity contribution in [3.8, 4) is 17.5 Å². The van der Waals surface area contributed by atoms with Gasteiger partial charge in [-0.05, 0) is 36.4 Å². The van der Waals surface area contributed by atoms with E-state index in [1.54, 1.807) is 18.2 Å². The monoisotopic (exact) mass is 368 g/mol. The Bertz CT molecular complexity index is 914. The number of nitrogens with one attached hydrogen (secondary N) is 1. The third-order valence-corrected chi connectivity index (χ3v) is 3.46. The van der Waals surface area contributed by atoms with E-state index in [1.165, 1.54) is 6.07 Å². The Morgan fingerprint density at radius 1 is 1.17 bits per heavy atom. The molecule has 0 fully saturated rings. The van der Waals surface area contributed by atoms with Crippen LogP contribution in [0, 0.1) is 11.3 Å². The highest BCUT2D eigenvalue weighted by Gasteiger charge is 2.13. The summed E-state index contributed by atoms with van der Waals surface area (Å²) in [6.45, 7) is 0. The average molecular weight is 369 g/mol. The lowest BCUT2D eigenvalue weighted by Gasteiger charge is -2.00. The smallest absolute Gasteiger partial charge is 0.322 e. The third-order valence-electron chi connectivity index (χ3n) is 2.97. The van der Waals surface area contributed by atoms with Crippen LogP contribution >= 0.6 is 15.9 Å². The van der Waals surface area contributed by atoms with Crippen LogP contribution in [0.1, 0.15) is 15.9 Å². The second kappa shape index (κ2) is 6.42. The molecule has 1 heterocycles. The molecular weight excluding hydrogens is 360 g/mol. The van der Waals surface area contributed by atoms with Gasteiger partial charge >= 0.3 is 6.01 Å². The number of carbonyl (C=O) groups excluding carboxylic acids is 1. The van der Waals surface area contributed by atoms with E-state index in [4.69, 9.17) is 9.68 Å². The minimum absolute atomic E-state index is 0.00710. The number of carbonyl (C=O) groups is 1. The van der Waals surface area contributed by atoms with Crippen molar-refractivity contribution in [2.45, 2.75) is 0 Å². The number of nitrogens with zero attached hydrogens (tertiary/aromatic N) is 3. The predicted molar refractivity (Wildman–Crippen MR) is 86.5 cm³/mol. The molecule has 0 radical (unpaired) electrons. The number of rotatable bonds is 3. The summed E-state index contributed by atoms with van der Waals surface area (Å²) in [5.74, 6) is -0.126. The quantitative estimate of drug-likeness (QED) is 0.761. The minimum Gasteiger partial charge on any atom is -0.403 e. The molecule has 0 saturated carbocycles. The first-order valence-electron chi connectivity index (χ1n) is 6.56. The molecule has 23 heavy (non-hydrogen) atoms. The van der Waals surface area contributed by atoms with E-state index in [9.17, 15) is 4.79 Å². The van der Waals surface area contributed by atoms with Crippen LogP contribution in [0.3, 0.4) is 0 Å². The fourth-order valence-corrected chi connectivity index (χ4v) is 2.31. The molecule has 0 aliphatic carbocycles. The molecule has 3 aromatic rings. The number of benzene rings is 2. The normalized spacial score (nSPS) is 10.1. The van der Waals surface area contributed by atoms with Crippen molar-refractivity contribution in [1.29, 1.82) is 5.26 Å². The molecule has 2 aromatic carbocycles. The number of halogens is 1. The van der Waals surface area contributed by atoms with Crippen molar-refractivity contribution in [3.63, 3.8) is 0 Å². The van der Waals surface area contributed by atoms with Gasteiger partial charge in [-0.1, -0.05) is 33.2 Å². The van der Waals surface area contributed by atoms with Crippen LogP contribution in [0.25, 0.3) is 11.5 Å². The highest BCUT2D eigenvalue weighted by molar-refractivity contribution is 9.10. The largest absolute Gasteiger partial charge is 0.403 e. The van der Waals surface area contributed by atoms with Crippen LogP contribution in [0.2, 0.25) is 0 Å². The SMILES string of the molecule is N#Cc1cccc(C(=O)Nc2nnc(-c3cccc(Br)c3)o2)c1. The molecule has 0 spiro atoms. The number of aromatic nitrogens is 2. The summed E-state index contributed by atoms with van der Waals surface area (Å²) in [6.07, 6.45) is 0. The molecule has 0 unspecified atom stereocenters. The summed E-state index contributed by atoms with van der Waals surface area (Å²) < 4.78 is 6.31. The van der Waals surface area contributed by atoms with Crippen LogP contribution in [0.15, 0.2) is 57.4 Å². The fraction of sp³-hybridized carbons (Fsp3) is 0. The van der Waals surface area contributed by atoms with Crippen LogP contribution in [0.5, 0.6) is 0 Å². The van der Waals surface area contributed by atoms with Crippen molar-refractivity contribution >= 4 is 27.9 Å². The van der Waals surface area contributed by atoms with Crippen LogP contribution < -0.4 is 5.32 Å². The highest BCUT2D eigenvalue weighted by Crippen LogP contribution is 2.23. The van der Waals surface area contributed by atoms with Gasteiger partial charge in [-0.15, -0.1) is 5.10 Å². The molecule has 1 N–H and O–H groups in total. The van der Waals surface area contributed by atoms with Gasteiger partial charge in [0.25, 0.3) is 5.91 Å². The van der Waals surface area contributed by atoms with Crippen molar-refractivity contribution in [1.82, 2.24) is 10.2 Å². The maximum atomic E-state index is 12.1. The van der Waals surface area contributed by atoms with E-state index in [0.717, 1.165) is 10.0 Å². The van der Waals surface area contributed by atoms with E-state index in [0.29, 0.717) is 17.0 Å². The van der Waals surface area contributed by atoms with Gasteiger partial charge in [0.15, 0.2) is 0 Å². The van der Waals surface area contributed by atoms with Crippen molar-refractivity contribution < 1.29 is 9.21 Å². The van der Waals surface area contributed by atoms with E-state index < -0.39 is 5.91 Å². The number of anilines is 1. The van der Waals surface area contributed by atoms with E-state index in [1.807, 2.05) is 30.3 Å². The third kappa shape index (κ3) is 3.44. The zero-order valence-electron chi connectivity index (χ0n) is 11.7. The summed E-state index contributed by atoms with van der Waals surface area (Å²) in [6, 6.07) is 15.7. The first-order chi connectivity index (χ1) is 11.2. The molecule has 3 rings (SSSR count). The molecule has 7 heteroatoms. The predicted octanol–water partition coefficient (Wildman–Crippen LogP) is 3.62. The lowest BCUT2D eigenvalue weighted by atomic mass is 10.1. The number of hydrogen-bond donors (Lipinski definition) is 1. The van der Waals surface area contributed by atoms with Crippen molar-refractivity contribution in [2.24, 2.45) is 0 Å². The van der Waals surface area contributed by atoms with E-state index in [-0.39, 0.29) is 6.01 Å². The first kappa shape index (κ1) is 14.9. The first-order valence-corrected chi connectivity index (χ1v) is 7.36. The molecule has 0 atom stereocenters. The number of hydrogen-bond acceptors (Lipinski definition) is 5. The Labute approximate surface area is 139 Å². The molecule has 1 aromatic heterocycles. The molecule has 0 aliphatic rings. The Hall–Kier alpha value is -2.98. The van der Waals surface area contributed by atoms with Gasteiger partial charge in [0.1, 0.15) is 0 Å². The second-order valence-electron chi connectivity index (χ2n) is 4.57.